The Morgan fingerprint density at radius 1 is 1.50 bits per heavy atom. The maximum atomic E-state index is 13.2. The molecule has 0 saturated heterocycles. The zero-order valence-corrected chi connectivity index (χ0v) is 8.22. The number of aliphatic hydroxyl groups excluding tert-OH is 1. The first kappa shape index (κ1) is 12.4. The summed E-state index contributed by atoms with van der Waals surface area (Å²) in [7, 11) is 1.42. The van der Waals surface area contributed by atoms with Crippen LogP contribution in [-0.2, 0) is 0 Å². The predicted octanol–water partition coefficient (Wildman–Crippen LogP) is 0.718. The Bertz CT molecular complexity index is 308. The number of urea groups is 1. The van der Waals surface area contributed by atoms with Crippen molar-refractivity contribution >= 4 is 6.03 Å². The van der Waals surface area contributed by atoms with Crippen molar-refractivity contribution in [2.45, 2.75) is 6.92 Å². The smallest absolute Gasteiger partial charge is 0.418 e. The number of amides is 2. The van der Waals surface area contributed by atoms with Crippen molar-refractivity contribution in [1.29, 1.82) is 0 Å². The number of rotatable bonds is 3. The molecule has 0 rings (SSSR count). The number of halogens is 1. The molecule has 0 atom stereocenters. The lowest BCUT2D eigenvalue weighted by Gasteiger charge is -2.04. The number of allylic oxidation sites excluding steroid dienone is 2. The quantitative estimate of drug-likeness (QED) is 0.465. The summed E-state index contributed by atoms with van der Waals surface area (Å²) in [6.45, 7) is 8.03. The van der Waals surface area contributed by atoms with Crippen LogP contribution in [0.3, 0.4) is 0 Å². The van der Waals surface area contributed by atoms with E-state index >= 15 is 0 Å². The minimum Gasteiger partial charge on any atom is -0.505 e. The summed E-state index contributed by atoms with van der Waals surface area (Å²) in [5.74, 6) is -1.66. The highest BCUT2D eigenvalue weighted by molar-refractivity contribution is 5.64. The van der Waals surface area contributed by atoms with Gasteiger partial charge in [0.1, 0.15) is 5.76 Å². The number of primary amides is 1. The van der Waals surface area contributed by atoms with Crippen molar-refractivity contribution in [3.05, 3.63) is 36.0 Å². The Hall–Kier alpha value is -1.62. The van der Waals surface area contributed by atoms with Crippen LogP contribution in [0.2, 0.25) is 0 Å². The molecule has 0 fully saturated rings. The number of hydrogen-bond donors (Lipinski definition) is 3. The lowest BCUT2D eigenvalue weighted by Crippen LogP contribution is -2.89. The van der Waals surface area contributed by atoms with E-state index in [1.165, 1.54) is 14.0 Å². The first-order chi connectivity index (χ1) is 6.40. The molecule has 0 saturated carbocycles. The zero-order chi connectivity index (χ0) is 11.3. The van der Waals surface area contributed by atoms with E-state index in [1.807, 2.05) is 0 Å². The summed E-state index contributed by atoms with van der Waals surface area (Å²) in [5.41, 5.74) is 0.276. The maximum absolute atomic E-state index is 13.2. The van der Waals surface area contributed by atoms with E-state index in [4.69, 9.17) is 5.11 Å². The number of carbonyl (C=O) groups excluding carboxylic acids is 1. The van der Waals surface area contributed by atoms with E-state index in [1.54, 1.807) is 0 Å². The van der Waals surface area contributed by atoms with Crippen LogP contribution in [-0.4, -0.2) is 18.2 Å². The van der Waals surface area contributed by atoms with Gasteiger partial charge in [-0.25, -0.2) is 10.1 Å². The van der Waals surface area contributed by atoms with Crippen molar-refractivity contribution in [1.82, 2.24) is 5.32 Å². The highest BCUT2D eigenvalue weighted by atomic mass is 19.1. The molecule has 0 aliphatic rings. The molecule has 14 heavy (non-hydrogen) atoms. The van der Waals surface area contributed by atoms with Crippen LogP contribution >= 0.6 is 0 Å². The van der Waals surface area contributed by atoms with E-state index < -0.39 is 17.6 Å². The van der Waals surface area contributed by atoms with Gasteiger partial charge in [-0.1, -0.05) is 13.2 Å². The van der Waals surface area contributed by atoms with Gasteiger partial charge >= 0.3 is 6.03 Å². The van der Waals surface area contributed by atoms with Crippen molar-refractivity contribution < 1.29 is 19.6 Å². The van der Waals surface area contributed by atoms with Gasteiger partial charge in [-0.2, -0.15) is 4.39 Å². The number of hydrogen-bond acceptors (Lipinski definition) is 2. The Morgan fingerprint density at radius 3 is 2.29 bits per heavy atom. The zero-order valence-electron chi connectivity index (χ0n) is 8.22. The van der Waals surface area contributed by atoms with Gasteiger partial charge in [-0.15, -0.1) is 0 Å². The molecule has 0 aromatic carbocycles. The highest BCUT2D eigenvalue weighted by Gasteiger charge is 2.17. The molecular formula is C9H14FN2O2+. The number of carbonyl (C=O) groups is 1. The molecule has 2 amide bonds. The minimum atomic E-state index is -0.943. The first-order valence-electron chi connectivity index (χ1n) is 3.90. The molecule has 0 aliphatic carbocycles. The molecule has 0 spiro atoms. The normalized spacial score (nSPS) is 11.6. The Morgan fingerprint density at radius 2 is 2.00 bits per heavy atom. The van der Waals surface area contributed by atoms with Gasteiger partial charge in [0.05, 0.1) is 0 Å². The van der Waals surface area contributed by atoms with Gasteiger partial charge in [0.25, 0.3) is 0 Å². The van der Waals surface area contributed by atoms with Crippen LogP contribution < -0.4 is 10.6 Å². The minimum absolute atomic E-state index is 0.0585. The van der Waals surface area contributed by atoms with Gasteiger partial charge in [0.15, 0.2) is 5.70 Å². The van der Waals surface area contributed by atoms with Gasteiger partial charge in [-0.05, 0) is 6.92 Å². The van der Waals surface area contributed by atoms with Gasteiger partial charge < -0.3 is 10.4 Å². The molecule has 4 nitrogen and oxygen atoms in total. The average molecular weight is 201 g/mol. The molecule has 0 aromatic rings. The molecule has 0 bridgehead atoms. The van der Waals surface area contributed by atoms with E-state index in [-0.39, 0.29) is 5.70 Å². The fraction of sp³-hybridized carbons (Fsp3) is 0.222. The maximum Gasteiger partial charge on any atom is 0.418 e. The fourth-order valence-corrected chi connectivity index (χ4v) is 0.733. The third-order valence-corrected chi connectivity index (χ3v) is 1.47. The molecule has 0 heterocycles. The topological polar surface area (TPSA) is 65.9 Å². The van der Waals surface area contributed by atoms with Crippen LogP contribution in [0.15, 0.2) is 36.0 Å². The summed E-state index contributed by atoms with van der Waals surface area (Å²) in [4.78, 5) is 10.9. The number of quaternary nitrogens is 1. The lowest BCUT2D eigenvalue weighted by atomic mass is 10.2. The average Bonchev–Trinajstić information content (AvgIpc) is 2.11. The van der Waals surface area contributed by atoms with Crippen molar-refractivity contribution in [3.63, 3.8) is 0 Å². The summed E-state index contributed by atoms with van der Waals surface area (Å²) >= 11 is 0. The van der Waals surface area contributed by atoms with Crippen LogP contribution in [0, 0.1) is 0 Å². The Balaban J connectivity index is 4.96. The third kappa shape index (κ3) is 3.40. The molecule has 5 heteroatoms. The molecule has 0 unspecified atom stereocenters. The molecule has 0 aromatic heterocycles. The van der Waals surface area contributed by atoms with Crippen LogP contribution in [0.1, 0.15) is 6.92 Å². The SMILES string of the molecule is C=C(C)C([NH2+]C(=O)NC)=C(F)C(=C)O. The van der Waals surface area contributed by atoms with Gasteiger partial charge in [0, 0.05) is 12.6 Å². The summed E-state index contributed by atoms with van der Waals surface area (Å²) < 4.78 is 13.2. The number of nitrogens with one attached hydrogen (secondary N) is 1. The van der Waals surface area contributed by atoms with Crippen molar-refractivity contribution in [2.24, 2.45) is 0 Å². The second-order valence-electron chi connectivity index (χ2n) is 2.71. The summed E-state index contributed by atoms with van der Waals surface area (Å²) in [6, 6.07) is -0.473. The predicted molar refractivity (Wildman–Crippen MR) is 51.1 cm³/mol. The lowest BCUT2D eigenvalue weighted by molar-refractivity contribution is -0.501. The number of nitrogens with two attached hydrogens (primary N) is 1. The molecular weight excluding hydrogens is 187 g/mol. The molecule has 4 N–H and O–H groups in total. The van der Waals surface area contributed by atoms with Crippen molar-refractivity contribution in [3.8, 4) is 0 Å². The second-order valence-corrected chi connectivity index (χ2v) is 2.71. The highest BCUT2D eigenvalue weighted by Crippen LogP contribution is 2.12. The van der Waals surface area contributed by atoms with E-state index in [9.17, 15) is 9.18 Å². The summed E-state index contributed by atoms with van der Waals surface area (Å²) in [6.07, 6.45) is 0. The Labute approximate surface area is 81.8 Å². The third-order valence-electron chi connectivity index (χ3n) is 1.47. The molecule has 78 valence electrons. The summed E-state index contributed by atoms with van der Waals surface area (Å²) in [5, 5.41) is 12.1. The van der Waals surface area contributed by atoms with Crippen LogP contribution in [0.4, 0.5) is 9.18 Å². The first-order valence-corrected chi connectivity index (χ1v) is 3.90. The van der Waals surface area contributed by atoms with E-state index in [0.717, 1.165) is 5.32 Å². The molecule has 0 aliphatic heterocycles. The van der Waals surface area contributed by atoms with Crippen LogP contribution in [0.25, 0.3) is 0 Å². The largest absolute Gasteiger partial charge is 0.505 e. The van der Waals surface area contributed by atoms with E-state index in [0.29, 0.717) is 5.57 Å². The second kappa shape index (κ2) is 5.18. The monoisotopic (exact) mass is 201 g/mol. The Kier molecular flexibility index (Phi) is 4.58. The molecule has 0 radical (unpaired) electrons. The standard InChI is InChI=1S/C9H13FN2O2/c1-5(2)8(7(10)6(3)13)12-9(14)11-4/h13H,1,3H2,2,4H3,(H2,11,12,14)/p+1. The van der Waals surface area contributed by atoms with Crippen molar-refractivity contribution in [2.75, 3.05) is 7.05 Å². The number of aliphatic hydroxyl groups is 1. The fourth-order valence-electron chi connectivity index (χ4n) is 0.733. The van der Waals surface area contributed by atoms with Gasteiger partial charge in [-0.3, -0.25) is 0 Å². The van der Waals surface area contributed by atoms with E-state index in [2.05, 4.69) is 18.5 Å². The van der Waals surface area contributed by atoms with Crippen LogP contribution in [0.5, 0.6) is 0 Å². The van der Waals surface area contributed by atoms with Gasteiger partial charge in [0.2, 0.25) is 5.83 Å².